The van der Waals surface area contributed by atoms with Crippen molar-refractivity contribution in [2.24, 2.45) is 0 Å². The highest BCUT2D eigenvalue weighted by molar-refractivity contribution is 6.04. The number of carbonyl (C=O) groups excluding carboxylic acids is 1. The van der Waals surface area contributed by atoms with E-state index in [1.165, 1.54) is 37.9 Å². The Morgan fingerprint density at radius 3 is 2.12 bits per heavy atom. The molecule has 0 bridgehead atoms. The van der Waals surface area contributed by atoms with Crippen LogP contribution in [0.25, 0.3) is 11.1 Å². The van der Waals surface area contributed by atoms with Crippen molar-refractivity contribution in [2.45, 2.75) is 25.8 Å². The smallest absolute Gasteiger partial charge is 0.300 e. The van der Waals surface area contributed by atoms with Crippen LogP contribution < -0.4 is 10.1 Å². The molecule has 1 heterocycles. The highest BCUT2D eigenvalue weighted by Crippen LogP contribution is 2.23. The summed E-state index contributed by atoms with van der Waals surface area (Å²) in [4.78, 5) is 14.7. The van der Waals surface area contributed by atoms with E-state index in [1.54, 1.807) is 7.11 Å². The van der Waals surface area contributed by atoms with Gasteiger partial charge >= 0.3 is 5.91 Å². The Labute approximate surface area is 190 Å². The first-order chi connectivity index (χ1) is 15.7. The SMILES string of the molecule is COc1ccc(-c2ccc(NC(=O)C#Cc3ccc(CN4CCCCC4)cc3)cc2)cc1. The molecule has 0 aliphatic carbocycles. The lowest BCUT2D eigenvalue weighted by Gasteiger charge is -2.26. The minimum absolute atomic E-state index is 0.320. The number of ether oxygens (including phenoxy) is 1. The van der Waals surface area contributed by atoms with E-state index in [-0.39, 0.29) is 5.91 Å². The highest BCUT2D eigenvalue weighted by atomic mass is 16.5. The standard InChI is InChI=1S/C28H28N2O2/c1-32-27-16-12-25(13-17-27)24-10-14-26(15-11-24)29-28(31)18-9-22-5-7-23(8-6-22)21-30-19-3-2-4-20-30/h5-8,10-17H,2-4,19-21H2,1H3,(H,29,31). The molecule has 1 amide bonds. The summed E-state index contributed by atoms with van der Waals surface area (Å²) in [7, 11) is 1.65. The molecule has 0 aromatic heterocycles. The molecule has 1 fully saturated rings. The lowest BCUT2D eigenvalue weighted by molar-refractivity contribution is -0.111. The number of anilines is 1. The van der Waals surface area contributed by atoms with Gasteiger partial charge in [0.15, 0.2) is 0 Å². The lowest BCUT2D eigenvalue weighted by atomic mass is 10.1. The molecular weight excluding hydrogens is 396 g/mol. The second-order valence-electron chi connectivity index (χ2n) is 8.04. The molecule has 32 heavy (non-hydrogen) atoms. The van der Waals surface area contributed by atoms with Crippen molar-refractivity contribution < 1.29 is 9.53 Å². The predicted octanol–water partition coefficient (Wildman–Crippen LogP) is 5.34. The van der Waals surface area contributed by atoms with Gasteiger partial charge in [0.25, 0.3) is 0 Å². The molecule has 4 nitrogen and oxygen atoms in total. The number of nitrogens with zero attached hydrogens (tertiary/aromatic N) is 1. The van der Waals surface area contributed by atoms with Crippen molar-refractivity contribution in [2.75, 3.05) is 25.5 Å². The maximum Gasteiger partial charge on any atom is 0.300 e. The number of carbonyl (C=O) groups is 1. The Morgan fingerprint density at radius 1 is 0.875 bits per heavy atom. The van der Waals surface area contributed by atoms with Crippen LogP contribution in [0.15, 0.2) is 72.8 Å². The minimum atomic E-state index is -0.320. The molecule has 1 saturated heterocycles. The second-order valence-corrected chi connectivity index (χ2v) is 8.04. The van der Waals surface area contributed by atoms with Gasteiger partial charge in [0.05, 0.1) is 7.11 Å². The van der Waals surface area contributed by atoms with Crippen LogP contribution in [0.2, 0.25) is 0 Å². The topological polar surface area (TPSA) is 41.6 Å². The third-order valence-electron chi connectivity index (χ3n) is 5.70. The summed E-state index contributed by atoms with van der Waals surface area (Å²) < 4.78 is 5.20. The van der Waals surface area contributed by atoms with Crippen molar-refractivity contribution in [3.05, 3.63) is 83.9 Å². The number of amides is 1. The van der Waals surface area contributed by atoms with Crippen LogP contribution in [-0.2, 0) is 11.3 Å². The van der Waals surface area contributed by atoms with Gasteiger partial charge in [0.1, 0.15) is 5.75 Å². The molecule has 0 atom stereocenters. The normalized spacial score (nSPS) is 13.7. The number of hydrogen-bond donors (Lipinski definition) is 1. The molecule has 4 heteroatoms. The molecule has 0 unspecified atom stereocenters. The molecule has 0 saturated carbocycles. The monoisotopic (exact) mass is 424 g/mol. The molecule has 1 aliphatic rings. The summed E-state index contributed by atoms with van der Waals surface area (Å²) in [5.41, 5.74) is 5.02. The number of benzene rings is 3. The number of hydrogen-bond acceptors (Lipinski definition) is 3. The maximum absolute atomic E-state index is 12.2. The third kappa shape index (κ3) is 6.00. The van der Waals surface area contributed by atoms with Crippen LogP contribution in [0.3, 0.4) is 0 Å². The van der Waals surface area contributed by atoms with Crippen LogP contribution in [0.5, 0.6) is 5.75 Å². The van der Waals surface area contributed by atoms with E-state index in [9.17, 15) is 4.79 Å². The van der Waals surface area contributed by atoms with Gasteiger partial charge < -0.3 is 10.1 Å². The van der Waals surface area contributed by atoms with E-state index in [4.69, 9.17) is 4.74 Å². The van der Waals surface area contributed by atoms with Crippen molar-refractivity contribution in [1.82, 2.24) is 4.90 Å². The number of likely N-dealkylation sites (tertiary alicyclic amines) is 1. The Hall–Kier alpha value is -3.55. The van der Waals surface area contributed by atoms with Crippen molar-refractivity contribution >= 4 is 11.6 Å². The van der Waals surface area contributed by atoms with Gasteiger partial charge in [-0.3, -0.25) is 9.69 Å². The van der Waals surface area contributed by atoms with Crippen LogP contribution >= 0.6 is 0 Å². The van der Waals surface area contributed by atoms with Gasteiger partial charge in [-0.2, -0.15) is 0 Å². The number of piperidine rings is 1. The maximum atomic E-state index is 12.2. The van der Waals surface area contributed by atoms with Gasteiger partial charge in [-0.15, -0.1) is 0 Å². The molecule has 1 aliphatic heterocycles. The Morgan fingerprint density at radius 2 is 1.50 bits per heavy atom. The molecule has 0 spiro atoms. The van der Waals surface area contributed by atoms with Crippen molar-refractivity contribution in [3.63, 3.8) is 0 Å². The van der Waals surface area contributed by atoms with Crippen LogP contribution in [0.4, 0.5) is 5.69 Å². The van der Waals surface area contributed by atoms with Gasteiger partial charge in [0, 0.05) is 23.7 Å². The predicted molar refractivity (Wildman–Crippen MR) is 130 cm³/mol. The zero-order chi connectivity index (χ0) is 22.2. The van der Waals surface area contributed by atoms with Gasteiger partial charge in [-0.25, -0.2) is 0 Å². The second kappa shape index (κ2) is 10.7. The first kappa shape index (κ1) is 21.7. The van der Waals surface area contributed by atoms with E-state index in [1.807, 2.05) is 60.7 Å². The number of rotatable bonds is 5. The first-order valence-electron chi connectivity index (χ1n) is 11.1. The first-order valence-corrected chi connectivity index (χ1v) is 11.1. The highest BCUT2D eigenvalue weighted by Gasteiger charge is 2.10. The van der Waals surface area contributed by atoms with Crippen molar-refractivity contribution in [3.8, 4) is 28.7 Å². The zero-order valence-electron chi connectivity index (χ0n) is 18.4. The average Bonchev–Trinajstić information content (AvgIpc) is 2.85. The van der Waals surface area contributed by atoms with Crippen LogP contribution in [-0.4, -0.2) is 31.0 Å². The molecule has 0 radical (unpaired) electrons. The number of methoxy groups -OCH3 is 1. The van der Waals surface area contributed by atoms with Crippen LogP contribution in [0.1, 0.15) is 30.4 Å². The molecule has 162 valence electrons. The van der Waals surface area contributed by atoms with E-state index < -0.39 is 0 Å². The fourth-order valence-electron chi connectivity index (χ4n) is 3.89. The fourth-order valence-corrected chi connectivity index (χ4v) is 3.89. The van der Waals surface area contributed by atoms with Crippen LogP contribution in [0, 0.1) is 11.8 Å². The fraction of sp³-hybridized carbons (Fsp3) is 0.250. The van der Waals surface area contributed by atoms with E-state index in [0.717, 1.165) is 34.7 Å². The summed E-state index contributed by atoms with van der Waals surface area (Å²) in [5.74, 6) is 6.15. The summed E-state index contributed by atoms with van der Waals surface area (Å²) in [6.07, 6.45) is 3.94. The van der Waals surface area contributed by atoms with Gasteiger partial charge in [-0.05, 0) is 79.0 Å². The van der Waals surface area contributed by atoms with Crippen molar-refractivity contribution in [1.29, 1.82) is 0 Å². The van der Waals surface area contributed by atoms with E-state index in [0.29, 0.717) is 0 Å². The van der Waals surface area contributed by atoms with Gasteiger partial charge in [0.2, 0.25) is 0 Å². The largest absolute Gasteiger partial charge is 0.497 e. The molecular formula is C28H28N2O2. The molecule has 1 N–H and O–H groups in total. The third-order valence-corrected chi connectivity index (χ3v) is 5.70. The Kier molecular flexibility index (Phi) is 7.22. The lowest BCUT2D eigenvalue weighted by Crippen LogP contribution is -2.29. The minimum Gasteiger partial charge on any atom is -0.497 e. The summed E-state index contributed by atoms with van der Waals surface area (Å²) in [5, 5.41) is 2.84. The average molecular weight is 425 g/mol. The summed E-state index contributed by atoms with van der Waals surface area (Å²) in [6, 6.07) is 23.8. The summed E-state index contributed by atoms with van der Waals surface area (Å²) >= 11 is 0. The Bertz CT molecular complexity index is 1090. The molecule has 3 aromatic rings. The number of nitrogens with one attached hydrogen (secondary N) is 1. The molecule has 3 aromatic carbocycles. The Balaban J connectivity index is 1.31. The van der Waals surface area contributed by atoms with Gasteiger partial charge in [-0.1, -0.05) is 48.7 Å². The zero-order valence-corrected chi connectivity index (χ0v) is 18.4. The van der Waals surface area contributed by atoms with E-state index >= 15 is 0 Å². The van der Waals surface area contributed by atoms with E-state index in [2.05, 4.69) is 34.2 Å². The molecule has 4 rings (SSSR count). The summed E-state index contributed by atoms with van der Waals surface area (Å²) in [6.45, 7) is 3.35. The quantitative estimate of drug-likeness (QED) is 0.562.